The van der Waals surface area contributed by atoms with Crippen LogP contribution in [0.3, 0.4) is 0 Å². The largest absolute Gasteiger partial charge is 0.393 e. The highest BCUT2D eigenvalue weighted by Crippen LogP contribution is 2.27. The molecule has 2 aromatic carbocycles. The molecule has 0 spiro atoms. The van der Waals surface area contributed by atoms with Crippen molar-refractivity contribution in [1.29, 1.82) is 0 Å². The van der Waals surface area contributed by atoms with Gasteiger partial charge >= 0.3 is 0 Å². The molecule has 3 N–H and O–H groups in total. The topological polar surface area (TPSA) is 55.1 Å². The number of nitrogens with two attached hydrogens (primary N) is 1. The first-order valence-corrected chi connectivity index (χ1v) is 7.65. The second kappa shape index (κ2) is 5.82. The van der Waals surface area contributed by atoms with Crippen LogP contribution in [0.15, 0.2) is 42.5 Å². The number of nitrogens with one attached hydrogen (secondary N) is 1. The lowest BCUT2D eigenvalue weighted by atomic mass is 10.0. The van der Waals surface area contributed by atoms with Gasteiger partial charge in [-0.1, -0.05) is 55.0 Å². The molecule has 0 saturated heterocycles. The summed E-state index contributed by atoms with van der Waals surface area (Å²) in [7, 11) is 0. The molecule has 2 aromatic rings. The fourth-order valence-corrected chi connectivity index (χ4v) is 3.43. The summed E-state index contributed by atoms with van der Waals surface area (Å²) in [5, 5.41) is 5.16. The van der Waals surface area contributed by atoms with Gasteiger partial charge in [-0.15, -0.1) is 0 Å². The standard InChI is InChI=1S/C17H18N2OS/c18-16(21)14-9-4-10-15(14)19-17(20)13-8-3-6-11-5-1-2-7-12(11)13/h1-3,5-8,14-15H,4,9-10H2,(H2,18,21)(H,19,20). The molecule has 0 aromatic heterocycles. The van der Waals surface area contributed by atoms with Crippen molar-refractivity contribution in [3.63, 3.8) is 0 Å². The minimum Gasteiger partial charge on any atom is -0.393 e. The highest BCUT2D eigenvalue weighted by molar-refractivity contribution is 7.80. The van der Waals surface area contributed by atoms with Gasteiger partial charge in [-0.2, -0.15) is 0 Å². The molecule has 1 aliphatic rings. The van der Waals surface area contributed by atoms with Crippen LogP contribution in [0.25, 0.3) is 10.8 Å². The molecule has 3 rings (SSSR count). The number of benzene rings is 2. The van der Waals surface area contributed by atoms with Crippen LogP contribution in [0.4, 0.5) is 0 Å². The van der Waals surface area contributed by atoms with Gasteiger partial charge in [0.15, 0.2) is 0 Å². The van der Waals surface area contributed by atoms with Gasteiger partial charge < -0.3 is 11.1 Å². The lowest BCUT2D eigenvalue weighted by molar-refractivity contribution is 0.0935. The number of fused-ring (bicyclic) bond motifs is 1. The quantitative estimate of drug-likeness (QED) is 0.856. The lowest BCUT2D eigenvalue weighted by Crippen LogP contribution is -2.41. The highest BCUT2D eigenvalue weighted by Gasteiger charge is 2.30. The zero-order valence-corrected chi connectivity index (χ0v) is 12.5. The molecule has 108 valence electrons. The first-order chi connectivity index (χ1) is 10.2. The molecule has 21 heavy (non-hydrogen) atoms. The van der Waals surface area contributed by atoms with Crippen LogP contribution in [-0.4, -0.2) is 16.9 Å². The fraction of sp³-hybridized carbons (Fsp3) is 0.294. The molecule has 2 unspecified atom stereocenters. The van der Waals surface area contributed by atoms with Crippen molar-refractivity contribution in [3.8, 4) is 0 Å². The third-order valence-electron chi connectivity index (χ3n) is 4.23. The number of hydrogen-bond donors (Lipinski definition) is 2. The summed E-state index contributed by atoms with van der Waals surface area (Å²) in [6, 6.07) is 13.8. The normalized spacial score (nSPS) is 21.3. The predicted octanol–water partition coefficient (Wildman–Crippen LogP) is 3.02. The maximum Gasteiger partial charge on any atom is 0.252 e. The van der Waals surface area contributed by atoms with E-state index in [1.807, 2.05) is 42.5 Å². The van der Waals surface area contributed by atoms with Crippen molar-refractivity contribution < 1.29 is 4.79 Å². The van der Waals surface area contributed by atoms with Crippen LogP contribution in [0, 0.1) is 5.92 Å². The van der Waals surface area contributed by atoms with Crippen molar-refractivity contribution >= 4 is 33.9 Å². The van der Waals surface area contributed by atoms with Crippen LogP contribution in [-0.2, 0) is 0 Å². The first kappa shape index (κ1) is 14.0. The van der Waals surface area contributed by atoms with E-state index in [1.54, 1.807) is 0 Å². The minimum atomic E-state index is -0.0417. The Balaban J connectivity index is 1.86. The molecule has 1 amide bonds. The Morgan fingerprint density at radius 3 is 2.71 bits per heavy atom. The summed E-state index contributed by atoms with van der Waals surface area (Å²) in [6.07, 6.45) is 2.97. The van der Waals surface area contributed by atoms with Crippen molar-refractivity contribution in [1.82, 2.24) is 5.32 Å². The Hall–Kier alpha value is -1.94. The van der Waals surface area contributed by atoms with Gasteiger partial charge in [-0.25, -0.2) is 0 Å². The van der Waals surface area contributed by atoms with E-state index in [1.165, 1.54) is 0 Å². The number of carbonyl (C=O) groups excluding carboxylic acids is 1. The van der Waals surface area contributed by atoms with Crippen LogP contribution in [0.2, 0.25) is 0 Å². The Bertz CT molecular complexity index is 693. The van der Waals surface area contributed by atoms with Gasteiger partial charge in [0.2, 0.25) is 0 Å². The summed E-state index contributed by atoms with van der Waals surface area (Å²) < 4.78 is 0. The fourth-order valence-electron chi connectivity index (χ4n) is 3.14. The molecule has 1 fully saturated rings. The van der Waals surface area contributed by atoms with E-state index in [9.17, 15) is 4.79 Å². The smallest absolute Gasteiger partial charge is 0.252 e. The monoisotopic (exact) mass is 298 g/mol. The van der Waals surface area contributed by atoms with E-state index in [0.717, 1.165) is 30.0 Å². The third kappa shape index (κ3) is 2.76. The van der Waals surface area contributed by atoms with Gasteiger partial charge in [0, 0.05) is 17.5 Å². The molecular weight excluding hydrogens is 280 g/mol. The molecule has 3 nitrogen and oxygen atoms in total. The van der Waals surface area contributed by atoms with E-state index in [2.05, 4.69) is 5.32 Å². The van der Waals surface area contributed by atoms with Crippen LogP contribution >= 0.6 is 12.2 Å². The third-order valence-corrected chi connectivity index (χ3v) is 4.53. The number of thiocarbonyl (C=S) groups is 1. The summed E-state index contributed by atoms with van der Waals surface area (Å²) >= 11 is 5.11. The van der Waals surface area contributed by atoms with Crippen molar-refractivity contribution in [2.75, 3.05) is 0 Å². The van der Waals surface area contributed by atoms with Gasteiger partial charge in [0.25, 0.3) is 5.91 Å². The zero-order valence-electron chi connectivity index (χ0n) is 11.7. The Kier molecular flexibility index (Phi) is 3.88. The van der Waals surface area contributed by atoms with Gasteiger partial charge in [0.05, 0.1) is 4.99 Å². The summed E-state index contributed by atoms with van der Waals surface area (Å²) in [5.41, 5.74) is 6.48. The van der Waals surface area contributed by atoms with Crippen LogP contribution in [0.1, 0.15) is 29.6 Å². The maximum atomic E-state index is 12.6. The highest BCUT2D eigenvalue weighted by atomic mass is 32.1. The van der Waals surface area contributed by atoms with Gasteiger partial charge in [-0.05, 0) is 29.7 Å². The lowest BCUT2D eigenvalue weighted by Gasteiger charge is -2.20. The molecular formula is C17H18N2OS. The average molecular weight is 298 g/mol. The van der Waals surface area contributed by atoms with Crippen LogP contribution < -0.4 is 11.1 Å². The van der Waals surface area contributed by atoms with Crippen molar-refractivity contribution in [2.45, 2.75) is 25.3 Å². The molecule has 0 heterocycles. The average Bonchev–Trinajstić information content (AvgIpc) is 2.95. The van der Waals surface area contributed by atoms with Gasteiger partial charge in [0.1, 0.15) is 0 Å². The SMILES string of the molecule is NC(=S)C1CCCC1NC(=O)c1cccc2ccccc12. The molecule has 2 atom stereocenters. The van der Waals surface area contributed by atoms with E-state index < -0.39 is 0 Å². The number of amides is 1. The molecule has 0 bridgehead atoms. The summed E-state index contributed by atoms with van der Waals surface area (Å²) in [4.78, 5) is 13.1. The predicted molar refractivity (Wildman–Crippen MR) is 89.3 cm³/mol. The van der Waals surface area contributed by atoms with Gasteiger partial charge in [-0.3, -0.25) is 4.79 Å². The van der Waals surface area contributed by atoms with E-state index in [4.69, 9.17) is 18.0 Å². The Labute approximate surface area is 129 Å². The second-order valence-corrected chi connectivity index (χ2v) is 6.02. The number of rotatable bonds is 3. The summed E-state index contributed by atoms with van der Waals surface area (Å²) in [6.45, 7) is 0. The summed E-state index contributed by atoms with van der Waals surface area (Å²) in [5.74, 6) is 0.0823. The Morgan fingerprint density at radius 2 is 1.90 bits per heavy atom. The maximum absolute atomic E-state index is 12.6. The zero-order chi connectivity index (χ0) is 14.8. The molecule has 1 aliphatic carbocycles. The number of carbonyl (C=O) groups is 1. The minimum absolute atomic E-state index is 0.0417. The van der Waals surface area contributed by atoms with Crippen LogP contribution in [0.5, 0.6) is 0 Å². The van der Waals surface area contributed by atoms with Crippen molar-refractivity contribution in [3.05, 3.63) is 48.0 Å². The van der Waals surface area contributed by atoms with E-state index in [0.29, 0.717) is 10.6 Å². The van der Waals surface area contributed by atoms with Crippen molar-refractivity contribution in [2.24, 2.45) is 11.7 Å². The first-order valence-electron chi connectivity index (χ1n) is 7.25. The molecule has 1 saturated carbocycles. The molecule has 0 aliphatic heterocycles. The molecule has 4 heteroatoms. The second-order valence-electron chi connectivity index (χ2n) is 5.55. The Morgan fingerprint density at radius 1 is 1.14 bits per heavy atom. The van der Waals surface area contributed by atoms with E-state index in [-0.39, 0.29) is 17.9 Å². The van der Waals surface area contributed by atoms with E-state index >= 15 is 0 Å². The number of hydrogen-bond acceptors (Lipinski definition) is 2. The molecule has 0 radical (unpaired) electrons.